The molecule has 0 aliphatic heterocycles. The second kappa shape index (κ2) is 6.45. The highest BCUT2D eigenvalue weighted by molar-refractivity contribution is 7.91. The van der Waals surface area contributed by atoms with Crippen molar-refractivity contribution in [1.82, 2.24) is 0 Å². The zero-order valence-corrected chi connectivity index (χ0v) is 14.9. The molecular formula is C16H22F3NO2S. The van der Waals surface area contributed by atoms with Gasteiger partial charge in [0.1, 0.15) is 27.5 Å². The fraction of sp³-hybridized carbons (Fsp3) is 0.562. The van der Waals surface area contributed by atoms with Crippen LogP contribution >= 0.6 is 0 Å². The van der Waals surface area contributed by atoms with Gasteiger partial charge < -0.3 is 9.66 Å². The zero-order valence-electron chi connectivity index (χ0n) is 14.1. The maximum absolute atomic E-state index is 14.2. The lowest BCUT2D eigenvalue weighted by Gasteiger charge is -2.29. The Hall–Kier alpha value is -1.05. The summed E-state index contributed by atoms with van der Waals surface area (Å²) in [5.41, 5.74) is -2.94. The summed E-state index contributed by atoms with van der Waals surface area (Å²) in [4.78, 5) is 0. The lowest BCUT2D eigenvalue weighted by molar-refractivity contribution is -0.168. The number of hydrogen-bond donors (Lipinski definition) is 1. The van der Waals surface area contributed by atoms with Crippen molar-refractivity contribution in [2.24, 2.45) is 4.40 Å². The predicted octanol–water partition coefficient (Wildman–Crippen LogP) is 3.96. The minimum atomic E-state index is -3.57. The Bertz CT molecular complexity index is 604. The molecule has 0 amide bonds. The highest BCUT2D eigenvalue weighted by atomic mass is 32.2. The summed E-state index contributed by atoms with van der Waals surface area (Å²) in [6.45, 7) is 8.48. The first-order valence-electron chi connectivity index (χ1n) is 7.06. The molecule has 0 spiro atoms. The smallest absolute Gasteiger partial charge is 0.300 e. The molecule has 0 saturated carbocycles. The van der Waals surface area contributed by atoms with Gasteiger partial charge in [-0.3, -0.25) is 0 Å². The van der Waals surface area contributed by atoms with Gasteiger partial charge in [0, 0.05) is 11.1 Å². The van der Waals surface area contributed by atoms with Gasteiger partial charge in [0.15, 0.2) is 0 Å². The first-order chi connectivity index (χ1) is 10.2. The van der Waals surface area contributed by atoms with Crippen LogP contribution in [-0.2, 0) is 17.3 Å². The van der Waals surface area contributed by atoms with E-state index in [0.717, 1.165) is 32.0 Å². The molecule has 0 bridgehead atoms. The van der Waals surface area contributed by atoms with Crippen LogP contribution in [0.2, 0.25) is 0 Å². The first-order valence-corrected chi connectivity index (χ1v) is 8.16. The van der Waals surface area contributed by atoms with Crippen molar-refractivity contribution >= 4 is 17.1 Å². The van der Waals surface area contributed by atoms with Gasteiger partial charge in [-0.05, 0) is 59.7 Å². The topological polar surface area (TPSA) is 55.7 Å². The molecule has 0 fully saturated rings. The van der Waals surface area contributed by atoms with E-state index in [1.807, 2.05) is 0 Å². The number of alkyl halides is 2. The molecule has 3 nitrogen and oxygen atoms in total. The van der Waals surface area contributed by atoms with Crippen LogP contribution in [0.25, 0.3) is 0 Å². The minimum Gasteiger partial charge on any atom is -0.591 e. The molecule has 1 unspecified atom stereocenters. The number of aliphatic hydroxyl groups is 1. The molecule has 23 heavy (non-hydrogen) atoms. The Morgan fingerprint density at radius 3 is 2.13 bits per heavy atom. The van der Waals surface area contributed by atoms with Crippen molar-refractivity contribution in [1.29, 1.82) is 0 Å². The molecule has 0 heterocycles. The number of rotatable bonds is 4. The van der Waals surface area contributed by atoms with E-state index in [1.165, 1.54) is 6.92 Å². The van der Waals surface area contributed by atoms with E-state index in [-0.39, 0.29) is 11.3 Å². The number of halogens is 3. The highest BCUT2D eigenvalue weighted by Crippen LogP contribution is 2.39. The van der Waals surface area contributed by atoms with Crippen LogP contribution in [0.3, 0.4) is 0 Å². The van der Waals surface area contributed by atoms with Gasteiger partial charge in [0.2, 0.25) is 0 Å². The van der Waals surface area contributed by atoms with Crippen molar-refractivity contribution in [2.75, 3.05) is 0 Å². The average molecular weight is 349 g/mol. The SMILES string of the molecule is CC(=N[S+]([O-])C(C)(C)C)c1cc(C(F)(F)C(C)(C)O)ccc1F. The monoisotopic (exact) mass is 349 g/mol. The summed E-state index contributed by atoms with van der Waals surface area (Å²) in [6, 6.07) is 2.75. The van der Waals surface area contributed by atoms with Crippen LogP contribution in [-0.4, -0.2) is 25.7 Å². The fourth-order valence-electron chi connectivity index (χ4n) is 1.66. The molecule has 0 aliphatic carbocycles. The third-order valence-corrected chi connectivity index (χ3v) is 4.72. The Morgan fingerprint density at radius 1 is 1.17 bits per heavy atom. The molecule has 0 saturated heterocycles. The Labute approximate surface area is 137 Å². The van der Waals surface area contributed by atoms with Gasteiger partial charge in [0.25, 0.3) is 0 Å². The van der Waals surface area contributed by atoms with Crippen molar-refractivity contribution < 1.29 is 22.8 Å². The van der Waals surface area contributed by atoms with E-state index >= 15 is 0 Å². The number of hydrogen-bond acceptors (Lipinski definition) is 3. The molecule has 0 aliphatic rings. The van der Waals surface area contributed by atoms with Crippen molar-refractivity contribution in [2.45, 2.75) is 57.8 Å². The second-order valence-corrected chi connectivity index (χ2v) is 8.77. The third kappa shape index (κ3) is 4.49. The van der Waals surface area contributed by atoms with Gasteiger partial charge in [-0.25, -0.2) is 4.39 Å². The van der Waals surface area contributed by atoms with Crippen LogP contribution in [0.4, 0.5) is 13.2 Å². The molecule has 7 heteroatoms. The quantitative estimate of drug-likeness (QED) is 0.661. The second-order valence-electron chi connectivity index (χ2n) is 6.87. The molecule has 1 N–H and O–H groups in total. The van der Waals surface area contributed by atoms with Crippen molar-refractivity contribution in [3.63, 3.8) is 0 Å². The van der Waals surface area contributed by atoms with E-state index in [0.29, 0.717) is 0 Å². The van der Waals surface area contributed by atoms with E-state index in [2.05, 4.69) is 4.40 Å². The normalized spacial score (nSPS) is 15.7. The number of nitrogens with zero attached hydrogens (tertiary/aromatic N) is 1. The predicted molar refractivity (Wildman–Crippen MR) is 86.7 cm³/mol. The fourth-order valence-corrected chi connectivity index (χ4v) is 2.28. The molecular weight excluding hydrogens is 327 g/mol. The lowest BCUT2D eigenvalue weighted by atomic mass is 9.92. The van der Waals surface area contributed by atoms with Gasteiger partial charge in [-0.2, -0.15) is 8.78 Å². The summed E-state index contributed by atoms with van der Waals surface area (Å²) in [7, 11) is 0. The molecule has 1 aromatic rings. The average Bonchev–Trinajstić information content (AvgIpc) is 2.36. The molecule has 1 aromatic carbocycles. The largest absolute Gasteiger partial charge is 0.591 e. The third-order valence-electron chi connectivity index (χ3n) is 3.23. The number of benzene rings is 1. The summed E-state index contributed by atoms with van der Waals surface area (Å²) >= 11 is -1.64. The van der Waals surface area contributed by atoms with Crippen LogP contribution in [0.5, 0.6) is 0 Å². The Balaban J connectivity index is 3.35. The zero-order chi connectivity index (χ0) is 18.2. The molecule has 1 atom stereocenters. The maximum Gasteiger partial charge on any atom is 0.300 e. The van der Waals surface area contributed by atoms with E-state index in [9.17, 15) is 22.8 Å². The van der Waals surface area contributed by atoms with Gasteiger partial charge in [0.05, 0.1) is 5.71 Å². The maximum atomic E-state index is 14.2. The van der Waals surface area contributed by atoms with Crippen LogP contribution in [0.15, 0.2) is 22.6 Å². The standard InChI is InChI=1S/C16H22F3NO2S/c1-10(20-23(22)14(2,3)4)12-9-11(7-8-13(12)17)16(18,19)15(5,6)21/h7-9,21H,1-6H3. The molecule has 1 rings (SSSR count). The molecule has 0 radical (unpaired) electrons. The van der Waals surface area contributed by atoms with Crippen molar-refractivity contribution in [3.05, 3.63) is 35.1 Å². The summed E-state index contributed by atoms with van der Waals surface area (Å²) in [6.07, 6.45) is 0. The van der Waals surface area contributed by atoms with Gasteiger partial charge >= 0.3 is 5.92 Å². The highest BCUT2D eigenvalue weighted by Gasteiger charge is 2.47. The van der Waals surface area contributed by atoms with E-state index in [4.69, 9.17) is 0 Å². The summed E-state index contributed by atoms with van der Waals surface area (Å²) in [5, 5.41) is 9.63. The Morgan fingerprint density at radius 2 is 1.70 bits per heavy atom. The Kier molecular flexibility index (Phi) is 5.61. The summed E-state index contributed by atoms with van der Waals surface area (Å²) in [5.74, 6) is -4.31. The van der Waals surface area contributed by atoms with Gasteiger partial charge in [-0.15, -0.1) is 0 Å². The van der Waals surface area contributed by atoms with Crippen LogP contribution < -0.4 is 0 Å². The van der Waals surface area contributed by atoms with Crippen LogP contribution in [0, 0.1) is 5.82 Å². The van der Waals surface area contributed by atoms with E-state index < -0.39 is 39.0 Å². The molecule has 130 valence electrons. The van der Waals surface area contributed by atoms with E-state index in [1.54, 1.807) is 20.8 Å². The lowest BCUT2D eigenvalue weighted by Crippen LogP contribution is -2.40. The first kappa shape index (κ1) is 20.0. The minimum absolute atomic E-state index is 0.0594. The van der Waals surface area contributed by atoms with Crippen molar-refractivity contribution in [3.8, 4) is 0 Å². The van der Waals surface area contributed by atoms with Crippen LogP contribution in [0.1, 0.15) is 52.7 Å². The molecule has 0 aromatic heterocycles. The summed E-state index contributed by atoms with van der Waals surface area (Å²) < 4.78 is 57.7. The van der Waals surface area contributed by atoms with Gasteiger partial charge in [-0.1, -0.05) is 4.40 Å².